The minimum atomic E-state index is -0.471. The zero-order valence-electron chi connectivity index (χ0n) is 15.0. The van der Waals surface area contributed by atoms with Gasteiger partial charge in [-0.25, -0.2) is 0 Å². The average Bonchev–Trinajstić information content (AvgIpc) is 2.73. The van der Waals surface area contributed by atoms with Crippen molar-refractivity contribution in [3.8, 4) is 5.75 Å². The molecule has 2 heterocycles. The Morgan fingerprint density at radius 2 is 1.42 bits per heavy atom. The molecular formula is C18H24N4O4. The molecule has 2 aliphatic heterocycles. The van der Waals surface area contributed by atoms with Crippen LogP contribution in [-0.2, 0) is 14.4 Å². The monoisotopic (exact) mass is 360 g/mol. The van der Waals surface area contributed by atoms with Crippen LogP contribution in [0.15, 0.2) is 24.3 Å². The third-order valence-corrected chi connectivity index (χ3v) is 4.93. The van der Waals surface area contributed by atoms with Crippen molar-refractivity contribution in [3.63, 3.8) is 0 Å². The summed E-state index contributed by atoms with van der Waals surface area (Å²) in [7, 11) is 1.64. The number of amides is 3. The number of carbonyl (C=O) groups excluding carboxylic acids is 3. The Morgan fingerprint density at radius 3 is 1.96 bits per heavy atom. The fourth-order valence-corrected chi connectivity index (χ4v) is 3.34. The molecule has 0 unspecified atom stereocenters. The largest absolute Gasteiger partial charge is 0.495 e. The zero-order valence-corrected chi connectivity index (χ0v) is 15.0. The molecule has 0 spiro atoms. The number of hydrogen-bond acceptors (Lipinski definition) is 5. The molecule has 1 aromatic carbocycles. The molecule has 3 amide bonds. The second kappa shape index (κ2) is 8.07. The Bertz CT molecular complexity index is 665. The topological polar surface area (TPSA) is 73.4 Å². The summed E-state index contributed by atoms with van der Waals surface area (Å²) in [5.74, 6) is -0.123. The molecule has 2 aliphatic rings. The van der Waals surface area contributed by atoms with Crippen LogP contribution < -0.4 is 9.64 Å². The number of methoxy groups -OCH3 is 1. The summed E-state index contributed by atoms with van der Waals surface area (Å²) in [4.78, 5) is 42.6. The van der Waals surface area contributed by atoms with E-state index in [2.05, 4.69) is 4.90 Å². The van der Waals surface area contributed by atoms with Crippen molar-refractivity contribution in [3.05, 3.63) is 24.3 Å². The molecule has 0 bridgehead atoms. The number of para-hydroxylation sites is 2. The average molecular weight is 360 g/mol. The summed E-state index contributed by atoms with van der Waals surface area (Å²) in [6.07, 6.45) is 0.778. The quantitative estimate of drug-likeness (QED) is 0.544. The first-order valence-corrected chi connectivity index (χ1v) is 8.79. The van der Waals surface area contributed by atoms with Crippen molar-refractivity contribution in [2.75, 3.05) is 64.4 Å². The highest BCUT2D eigenvalue weighted by atomic mass is 16.5. The molecule has 0 aromatic heterocycles. The second-order valence-electron chi connectivity index (χ2n) is 6.38. The van der Waals surface area contributed by atoms with Gasteiger partial charge in [-0.3, -0.25) is 14.4 Å². The van der Waals surface area contributed by atoms with E-state index in [-0.39, 0.29) is 0 Å². The molecule has 0 aliphatic carbocycles. The zero-order chi connectivity index (χ0) is 18.5. The first-order chi connectivity index (χ1) is 12.6. The fourth-order valence-electron chi connectivity index (χ4n) is 3.34. The van der Waals surface area contributed by atoms with Crippen LogP contribution in [0.4, 0.5) is 5.69 Å². The van der Waals surface area contributed by atoms with Crippen LogP contribution in [0.2, 0.25) is 0 Å². The number of hydrogen-bond donors (Lipinski definition) is 0. The van der Waals surface area contributed by atoms with Gasteiger partial charge in [0.2, 0.25) is 6.41 Å². The van der Waals surface area contributed by atoms with Crippen molar-refractivity contribution >= 4 is 23.9 Å². The molecule has 0 N–H and O–H groups in total. The lowest BCUT2D eigenvalue weighted by atomic mass is 10.2. The summed E-state index contributed by atoms with van der Waals surface area (Å²) < 4.78 is 5.40. The first kappa shape index (κ1) is 18.0. The van der Waals surface area contributed by atoms with Crippen LogP contribution in [0.3, 0.4) is 0 Å². The van der Waals surface area contributed by atoms with Crippen LogP contribution in [0.1, 0.15) is 0 Å². The maximum atomic E-state index is 12.5. The maximum absolute atomic E-state index is 12.5. The van der Waals surface area contributed by atoms with Crippen molar-refractivity contribution in [1.29, 1.82) is 0 Å². The Labute approximate surface area is 152 Å². The molecule has 8 nitrogen and oxygen atoms in total. The van der Waals surface area contributed by atoms with Gasteiger partial charge in [0.1, 0.15) is 5.75 Å². The van der Waals surface area contributed by atoms with Gasteiger partial charge < -0.3 is 24.3 Å². The van der Waals surface area contributed by atoms with E-state index in [0.29, 0.717) is 52.4 Å². The third kappa shape index (κ3) is 3.74. The fraction of sp³-hybridized carbons (Fsp3) is 0.500. The smallest absolute Gasteiger partial charge is 0.312 e. The van der Waals surface area contributed by atoms with E-state index in [1.165, 1.54) is 4.90 Å². The number of piperazine rings is 2. The minimum Gasteiger partial charge on any atom is -0.495 e. The van der Waals surface area contributed by atoms with Gasteiger partial charge in [-0.1, -0.05) is 12.1 Å². The number of carbonyl (C=O) groups is 3. The predicted octanol–water partition coefficient (Wildman–Crippen LogP) is -0.356. The Kier molecular flexibility index (Phi) is 5.60. The van der Waals surface area contributed by atoms with Crippen LogP contribution in [0, 0.1) is 0 Å². The van der Waals surface area contributed by atoms with Crippen LogP contribution >= 0.6 is 0 Å². The highest BCUT2D eigenvalue weighted by molar-refractivity contribution is 6.35. The SMILES string of the molecule is COc1ccccc1N1CCN(C(=O)C(=O)N2CCN(C=O)CC2)CC1. The molecule has 2 fully saturated rings. The molecule has 26 heavy (non-hydrogen) atoms. The second-order valence-corrected chi connectivity index (χ2v) is 6.38. The van der Waals surface area contributed by atoms with Crippen LogP contribution in [-0.4, -0.2) is 92.4 Å². The number of ether oxygens (including phenoxy) is 1. The lowest BCUT2D eigenvalue weighted by molar-refractivity contribution is -0.153. The Morgan fingerprint density at radius 1 is 0.885 bits per heavy atom. The Balaban J connectivity index is 1.55. The van der Waals surface area contributed by atoms with E-state index in [0.717, 1.165) is 17.8 Å². The van der Waals surface area contributed by atoms with E-state index in [1.54, 1.807) is 16.9 Å². The normalized spacial score (nSPS) is 17.9. The molecule has 0 saturated carbocycles. The van der Waals surface area contributed by atoms with E-state index in [1.807, 2.05) is 24.3 Å². The maximum Gasteiger partial charge on any atom is 0.312 e. The van der Waals surface area contributed by atoms with Crippen LogP contribution in [0.5, 0.6) is 5.75 Å². The number of benzene rings is 1. The highest BCUT2D eigenvalue weighted by Crippen LogP contribution is 2.28. The third-order valence-electron chi connectivity index (χ3n) is 4.93. The molecule has 0 atom stereocenters. The Hall–Kier alpha value is -2.77. The molecule has 2 saturated heterocycles. The van der Waals surface area contributed by atoms with E-state index >= 15 is 0 Å². The van der Waals surface area contributed by atoms with Gasteiger partial charge in [-0.15, -0.1) is 0 Å². The van der Waals surface area contributed by atoms with E-state index in [9.17, 15) is 14.4 Å². The lowest BCUT2D eigenvalue weighted by Gasteiger charge is -2.38. The lowest BCUT2D eigenvalue weighted by Crippen LogP contribution is -2.56. The van der Waals surface area contributed by atoms with Gasteiger partial charge in [0.05, 0.1) is 12.8 Å². The van der Waals surface area contributed by atoms with Crippen LogP contribution in [0.25, 0.3) is 0 Å². The first-order valence-electron chi connectivity index (χ1n) is 8.79. The van der Waals surface area contributed by atoms with Gasteiger partial charge in [-0.05, 0) is 12.1 Å². The molecule has 140 valence electrons. The molecule has 0 radical (unpaired) electrons. The van der Waals surface area contributed by atoms with Gasteiger partial charge in [0, 0.05) is 52.4 Å². The van der Waals surface area contributed by atoms with Crippen molar-refractivity contribution in [2.45, 2.75) is 0 Å². The van der Waals surface area contributed by atoms with E-state index in [4.69, 9.17) is 4.74 Å². The van der Waals surface area contributed by atoms with Crippen molar-refractivity contribution < 1.29 is 19.1 Å². The predicted molar refractivity (Wildman–Crippen MR) is 96.0 cm³/mol. The van der Waals surface area contributed by atoms with Gasteiger partial charge in [-0.2, -0.15) is 0 Å². The molecule has 1 aromatic rings. The van der Waals surface area contributed by atoms with E-state index < -0.39 is 11.8 Å². The summed E-state index contributed by atoms with van der Waals surface area (Å²) in [6, 6.07) is 7.78. The standard InChI is InChI=1S/C18H24N4O4/c1-26-16-5-3-2-4-15(16)20-10-12-22(13-11-20)18(25)17(24)21-8-6-19(14-23)7-9-21/h2-5,14H,6-13H2,1H3. The highest BCUT2D eigenvalue weighted by Gasteiger charge is 2.31. The minimum absolute atomic E-state index is 0.407. The van der Waals surface area contributed by atoms with Gasteiger partial charge in [0.25, 0.3) is 0 Å². The summed E-state index contributed by atoms with van der Waals surface area (Å²) >= 11 is 0. The number of anilines is 1. The summed E-state index contributed by atoms with van der Waals surface area (Å²) in [5, 5.41) is 0. The number of rotatable bonds is 3. The van der Waals surface area contributed by atoms with Gasteiger partial charge >= 0.3 is 11.8 Å². The molecule has 8 heteroatoms. The van der Waals surface area contributed by atoms with Crippen molar-refractivity contribution in [1.82, 2.24) is 14.7 Å². The summed E-state index contributed by atoms with van der Waals surface area (Å²) in [6.45, 7) is 4.06. The van der Waals surface area contributed by atoms with Crippen molar-refractivity contribution in [2.24, 2.45) is 0 Å². The molecular weight excluding hydrogens is 336 g/mol. The summed E-state index contributed by atoms with van der Waals surface area (Å²) in [5.41, 5.74) is 0.999. The van der Waals surface area contributed by atoms with Gasteiger partial charge in [0.15, 0.2) is 0 Å². The number of nitrogens with zero attached hydrogens (tertiary/aromatic N) is 4. The molecule has 3 rings (SSSR count).